The molecule has 0 radical (unpaired) electrons. The van der Waals surface area contributed by atoms with E-state index in [2.05, 4.69) is 31.2 Å². The Hall–Kier alpha value is -10.4. The number of aliphatic hydroxyl groups is 3. The monoisotopic (exact) mass is 1300 g/mol. The van der Waals surface area contributed by atoms with Gasteiger partial charge in [-0.15, -0.1) is 0 Å². The number of benzene rings is 3. The van der Waals surface area contributed by atoms with E-state index in [0.29, 0.717) is 109 Å². The third kappa shape index (κ3) is 13.2. The number of hydrogen-bond donors (Lipinski definition) is 6. The van der Waals surface area contributed by atoms with Crippen molar-refractivity contribution in [3.8, 4) is 18.2 Å². The fourth-order valence-corrected chi connectivity index (χ4v) is 12.6. The van der Waals surface area contributed by atoms with Crippen molar-refractivity contribution in [3.63, 3.8) is 0 Å². The van der Waals surface area contributed by atoms with Gasteiger partial charge in [0.1, 0.15) is 58.3 Å². The molecule has 31 heteroatoms. The Labute approximate surface area is 536 Å². The van der Waals surface area contributed by atoms with Crippen molar-refractivity contribution in [3.05, 3.63) is 139 Å². The van der Waals surface area contributed by atoms with Crippen molar-refractivity contribution in [2.24, 2.45) is 17.8 Å². The van der Waals surface area contributed by atoms with E-state index in [-0.39, 0.29) is 110 Å². The third-order valence-corrected chi connectivity index (χ3v) is 17.7. The Kier molecular flexibility index (Phi) is 19.4. The Morgan fingerprint density at radius 2 is 0.830 bits per heavy atom. The summed E-state index contributed by atoms with van der Waals surface area (Å²) in [6.07, 6.45) is 1.35. The van der Waals surface area contributed by atoms with Gasteiger partial charge in [0.05, 0.1) is 53.5 Å². The molecule has 3 aromatic carbocycles. The van der Waals surface area contributed by atoms with Crippen LogP contribution in [0.5, 0.6) is 0 Å². The van der Waals surface area contributed by atoms with Gasteiger partial charge in [-0.3, -0.25) is 28.4 Å². The summed E-state index contributed by atoms with van der Waals surface area (Å²) in [4.78, 5) is 87.1. The number of nitrogens with one attached hydrogen (secondary N) is 3. The Morgan fingerprint density at radius 1 is 0.500 bits per heavy atom. The summed E-state index contributed by atoms with van der Waals surface area (Å²) in [5.41, 5.74) is 4.83. The second kappa shape index (κ2) is 27.4. The molecule has 0 aliphatic carbocycles. The SMILES string of the molecule is C[C@@H]1Cc2nn3c(c2CN1C(=O)Nc1ccc(F)c(C#N)c1)C(=O)N(C)C[C@@H](CO)C3.C[C@@H]1Cc2nn3c(c2CN1C(=O)Nc1ccc(F)c(C#N)c1)C(=O)N(C)C[C@H](CO)C3.C[C@@H]1Cc2nn3c(c2CN1C(=O)Nc1ccc(F)c(C#N)c1F)C(=O)N(C)C[C@H](CO)C3. The minimum Gasteiger partial charge on any atom is -0.396 e. The van der Waals surface area contributed by atoms with Gasteiger partial charge in [-0.25, -0.2) is 31.9 Å². The predicted octanol–water partition coefficient (Wildman–Crippen LogP) is 4.84. The smallest absolute Gasteiger partial charge is 0.322 e. The average molecular weight is 1300 g/mol. The highest BCUT2D eigenvalue weighted by Gasteiger charge is 2.41. The first-order valence-corrected chi connectivity index (χ1v) is 30.2. The van der Waals surface area contributed by atoms with E-state index >= 15 is 0 Å². The zero-order chi connectivity index (χ0) is 67.7. The highest BCUT2D eigenvalue weighted by atomic mass is 19.1. The first-order valence-electron chi connectivity index (χ1n) is 30.2. The maximum absolute atomic E-state index is 14.4. The van der Waals surface area contributed by atoms with E-state index in [4.69, 9.17) is 15.8 Å². The molecule has 0 bridgehead atoms. The normalized spacial score (nSPS) is 20.5. The van der Waals surface area contributed by atoms with Gasteiger partial charge in [-0.1, -0.05) is 0 Å². The van der Waals surface area contributed by atoms with Crippen molar-refractivity contribution in [2.75, 3.05) is 76.5 Å². The highest BCUT2D eigenvalue weighted by molar-refractivity contribution is 5.97. The standard InChI is InChI=1S/C21H22F2N6O3.2C21H23FN6O3/c1-11-5-17-14(19-20(31)27(2)7-12(10-30)8-29(19)26-17)9-28(11)21(32)25-16-4-3-15(22)13(6-24)18(16)23;2*1-12-5-18-16(19-20(30)26(2)8-13(11-29)9-28(19)25-18)10-27(12)21(31)24-15-3-4-17(22)14(6-15)7-23/h3-4,11-12,30H,5,7-10H2,1-2H3,(H,25,32);2*3-4,6,12-13,29H,5,8-11H2,1-2H3,(H,24,31)/t11-,12+;12-,13+;12-,13-/m111/s1. The molecule has 6 aliphatic heterocycles. The molecule has 6 N–H and O–H groups in total. The molecule has 0 unspecified atom stereocenters. The molecular formula is C63H68F4N18O9. The lowest BCUT2D eigenvalue weighted by molar-refractivity contribution is 0.0754. The van der Waals surface area contributed by atoms with E-state index in [1.54, 1.807) is 73.9 Å². The second-order valence-corrected chi connectivity index (χ2v) is 24.4. The molecular weight excluding hydrogens is 1230 g/mol. The number of rotatable bonds is 6. The zero-order valence-electron chi connectivity index (χ0n) is 52.2. The number of aliphatic hydroxyl groups excluding tert-OH is 3. The summed E-state index contributed by atoms with van der Waals surface area (Å²) < 4.78 is 60.0. The molecule has 0 spiro atoms. The van der Waals surface area contributed by atoms with E-state index in [0.717, 1.165) is 35.7 Å². The fourth-order valence-electron chi connectivity index (χ4n) is 12.6. The molecule has 94 heavy (non-hydrogen) atoms. The molecule has 9 heterocycles. The van der Waals surface area contributed by atoms with E-state index in [9.17, 15) is 61.6 Å². The number of anilines is 3. The molecule has 27 nitrogen and oxygen atoms in total. The molecule has 0 saturated heterocycles. The van der Waals surface area contributed by atoms with Crippen molar-refractivity contribution < 1.29 is 61.6 Å². The predicted molar refractivity (Wildman–Crippen MR) is 326 cm³/mol. The zero-order valence-corrected chi connectivity index (χ0v) is 52.2. The summed E-state index contributed by atoms with van der Waals surface area (Å²) in [6.45, 7) is 8.39. The Balaban J connectivity index is 0.000000154. The van der Waals surface area contributed by atoms with E-state index < -0.39 is 46.9 Å². The van der Waals surface area contributed by atoms with Crippen molar-refractivity contribution in [1.82, 2.24) is 58.7 Å². The maximum atomic E-state index is 14.4. The summed E-state index contributed by atoms with van der Waals surface area (Å²) in [6, 6.07) is 12.4. The first-order chi connectivity index (χ1) is 44.9. The van der Waals surface area contributed by atoms with Crippen LogP contribution < -0.4 is 16.0 Å². The van der Waals surface area contributed by atoms with Gasteiger partial charge < -0.3 is 60.7 Å². The van der Waals surface area contributed by atoms with Crippen molar-refractivity contribution in [1.29, 1.82) is 15.8 Å². The largest absolute Gasteiger partial charge is 0.396 e. The van der Waals surface area contributed by atoms with Gasteiger partial charge >= 0.3 is 18.1 Å². The number of carbonyl (C=O) groups is 6. The third-order valence-electron chi connectivity index (χ3n) is 17.7. The van der Waals surface area contributed by atoms with Crippen LogP contribution in [0.1, 0.15) is 103 Å². The molecule has 492 valence electrons. The van der Waals surface area contributed by atoms with Crippen molar-refractivity contribution in [2.45, 2.75) is 97.4 Å². The lowest BCUT2D eigenvalue weighted by Gasteiger charge is -2.33. The number of urea groups is 3. The number of nitrogens with zero attached hydrogens (tertiary/aromatic N) is 15. The number of amides is 9. The molecule has 0 saturated carbocycles. The Morgan fingerprint density at radius 3 is 1.15 bits per heavy atom. The summed E-state index contributed by atoms with van der Waals surface area (Å²) in [7, 11) is 5.04. The molecule has 12 rings (SSSR count). The van der Waals surface area contributed by atoms with Gasteiger partial charge in [0.2, 0.25) is 0 Å². The first kappa shape index (κ1) is 66.5. The van der Waals surface area contributed by atoms with Crippen LogP contribution in [0.4, 0.5) is 49.0 Å². The van der Waals surface area contributed by atoms with Crippen LogP contribution in [-0.2, 0) is 58.5 Å². The van der Waals surface area contributed by atoms with Gasteiger partial charge in [0.15, 0.2) is 5.82 Å². The van der Waals surface area contributed by atoms with Gasteiger partial charge in [0, 0.05) is 163 Å². The van der Waals surface area contributed by atoms with Gasteiger partial charge in [-0.2, -0.15) is 31.1 Å². The van der Waals surface area contributed by atoms with Crippen LogP contribution in [0, 0.1) is 75.0 Å². The second-order valence-electron chi connectivity index (χ2n) is 24.4. The van der Waals surface area contributed by atoms with Gasteiger partial charge in [-0.05, 0) is 69.3 Å². The van der Waals surface area contributed by atoms with Crippen LogP contribution >= 0.6 is 0 Å². The van der Waals surface area contributed by atoms with Crippen LogP contribution in [0.2, 0.25) is 0 Å². The molecule has 9 amide bonds. The number of nitriles is 3. The molecule has 6 aliphatic rings. The van der Waals surface area contributed by atoms with Crippen molar-refractivity contribution >= 4 is 52.9 Å². The molecule has 6 atom stereocenters. The van der Waals surface area contributed by atoms with Crippen LogP contribution in [0.15, 0.2) is 48.5 Å². The summed E-state index contributed by atoms with van der Waals surface area (Å²) >= 11 is 0. The molecule has 0 fully saturated rings. The highest BCUT2D eigenvalue weighted by Crippen LogP contribution is 2.34. The minimum absolute atomic E-state index is 0.0468. The lowest BCUT2D eigenvalue weighted by Crippen LogP contribution is -2.45. The Bertz CT molecular complexity index is 3980. The summed E-state index contributed by atoms with van der Waals surface area (Å²) in [5, 5.41) is 77.4. The van der Waals surface area contributed by atoms with E-state index in [1.807, 2.05) is 13.8 Å². The maximum Gasteiger partial charge on any atom is 0.322 e. The van der Waals surface area contributed by atoms with Gasteiger partial charge in [0.25, 0.3) is 17.7 Å². The van der Waals surface area contributed by atoms with Crippen LogP contribution in [-0.4, -0.2) is 189 Å². The molecule has 6 aromatic rings. The number of hydrogen-bond acceptors (Lipinski definition) is 15. The minimum atomic E-state index is -1.14. The average Bonchev–Trinajstić information content (AvgIpc) is 1.62. The van der Waals surface area contributed by atoms with Crippen LogP contribution in [0.3, 0.4) is 0 Å². The number of halogens is 4. The van der Waals surface area contributed by atoms with Crippen LogP contribution in [0.25, 0.3) is 0 Å². The number of aromatic nitrogens is 6. The number of carbonyl (C=O) groups excluding carboxylic acids is 6. The topological polar surface area (TPSA) is 343 Å². The fraction of sp³-hybridized carbons (Fsp3) is 0.429. The summed E-state index contributed by atoms with van der Waals surface area (Å²) in [5.74, 6) is -4.43. The van der Waals surface area contributed by atoms with E-state index in [1.165, 1.54) is 40.1 Å². The lowest BCUT2D eigenvalue weighted by atomic mass is 9.99. The quantitative estimate of drug-likeness (QED) is 0.122. The molecule has 3 aromatic heterocycles. The number of fused-ring (bicyclic) bond motifs is 9.